The lowest BCUT2D eigenvalue weighted by Gasteiger charge is -2.47. The molecule has 0 radical (unpaired) electrons. The lowest BCUT2D eigenvalue weighted by atomic mass is 9.87. The van der Waals surface area contributed by atoms with Gasteiger partial charge in [0.1, 0.15) is 24.1 Å². The van der Waals surface area contributed by atoms with E-state index < -0.39 is 47.7 Å². The molecule has 4 N–H and O–H groups in total. The summed E-state index contributed by atoms with van der Waals surface area (Å²) in [5.74, 6) is -3.15. The first-order valence-corrected chi connectivity index (χ1v) is 8.19. The molecular formula is C17H21NO10. The van der Waals surface area contributed by atoms with Crippen molar-refractivity contribution in [2.75, 3.05) is 13.7 Å². The quantitative estimate of drug-likeness (QED) is 0.268. The lowest BCUT2D eigenvalue weighted by molar-refractivity contribution is -0.400. The molecule has 1 aliphatic heterocycles. The van der Waals surface area contributed by atoms with E-state index in [1.807, 2.05) is 0 Å². The smallest absolute Gasteiger partial charge is 0.305 e. The molecule has 1 aromatic rings. The molecule has 0 amide bonds. The highest BCUT2D eigenvalue weighted by molar-refractivity contribution is 5.67. The largest absolute Gasteiger partial charge is 0.496 e. The van der Waals surface area contributed by atoms with E-state index in [9.17, 15) is 35.3 Å². The van der Waals surface area contributed by atoms with Crippen LogP contribution in [0.4, 0.5) is 0 Å². The van der Waals surface area contributed by atoms with Crippen molar-refractivity contribution in [3.8, 4) is 5.75 Å². The Hall–Kier alpha value is -2.57. The number of nitrogens with zero attached hydrogens (tertiary/aromatic N) is 1. The molecule has 5 atom stereocenters. The number of carbonyl (C=O) groups excluding carboxylic acids is 1. The van der Waals surface area contributed by atoms with Crippen LogP contribution >= 0.6 is 0 Å². The highest BCUT2D eigenvalue weighted by Gasteiger charge is 2.58. The van der Waals surface area contributed by atoms with Gasteiger partial charge in [-0.05, 0) is 17.7 Å². The van der Waals surface area contributed by atoms with Crippen LogP contribution < -0.4 is 4.74 Å². The van der Waals surface area contributed by atoms with E-state index in [1.54, 1.807) is 0 Å². The van der Waals surface area contributed by atoms with Gasteiger partial charge in [0.05, 0.1) is 24.2 Å². The van der Waals surface area contributed by atoms with Crippen LogP contribution in [-0.2, 0) is 20.1 Å². The Labute approximate surface area is 159 Å². The number of carbonyl (C=O) groups is 1. The van der Waals surface area contributed by atoms with Crippen LogP contribution in [0.1, 0.15) is 18.1 Å². The maximum atomic E-state index is 11.7. The van der Waals surface area contributed by atoms with Crippen molar-refractivity contribution in [2.24, 2.45) is 0 Å². The molecule has 1 fully saturated rings. The fraction of sp³-hybridized carbons (Fsp3) is 0.471. The predicted octanol–water partition coefficient (Wildman–Crippen LogP) is -0.868. The van der Waals surface area contributed by atoms with E-state index in [1.165, 1.54) is 31.4 Å². The summed E-state index contributed by atoms with van der Waals surface area (Å²) in [5.41, 5.74) is 0.334. The minimum atomic E-state index is -2.30. The topological polar surface area (TPSA) is 169 Å². The van der Waals surface area contributed by atoms with Gasteiger partial charge in [0.15, 0.2) is 6.10 Å². The highest BCUT2D eigenvalue weighted by Crippen LogP contribution is 2.43. The molecule has 0 aliphatic carbocycles. The summed E-state index contributed by atoms with van der Waals surface area (Å²) in [6.45, 7) is 0.309. The van der Waals surface area contributed by atoms with E-state index in [-0.39, 0.29) is 11.3 Å². The Morgan fingerprint density at radius 2 is 2.04 bits per heavy atom. The highest BCUT2D eigenvalue weighted by atomic mass is 16.7. The third-order valence-corrected chi connectivity index (χ3v) is 4.24. The van der Waals surface area contributed by atoms with Crippen molar-refractivity contribution in [3.05, 3.63) is 45.6 Å². The standard InChI is InChI=1S/C17H21NO10/c1-9(20)27-17(16(23)15(22)14(21)13(8-19)28-17)11-4-3-10(5-6-18(24)25)7-12(11)26-2/h3-7,13-16,19,21-23H,8H2,1-2H3/t13-,14-,15+,16-,17-/m1/s1. The summed E-state index contributed by atoms with van der Waals surface area (Å²) in [6.07, 6.45) is -4.86. The Morgan fingerprint density at radius 1 is 1.36 bits per heavy atom. The normalized spacial score (nSPS) is 30.2. The summed E-state index contributed by atoms with van der Waals surface area (Å²) in [7, 11) is 1.27. The molecule has 1 saturated heterocycles. The van der Waals surface area contributed by atoms with Crippen molar-refractivity contribution < 1.29 is 44.4 Å². The summed E-state index contributed by atoms with van der Waals surface area (Å²) >= 11 is 0. The monoisotopic (exact) mass is 399 g/mol. The van der Waals surface area contributed by atoms with Gasteiger partial charge in [-0.3, -0.25) is 14.9 Å². The first-order valence-electron chi connectivity index (χ1n) is 8.19. The van der Waals surface area contributed by atoms with E-state index in [2.05, 4.69) is 0 Å². The van der Waals surface area contributed by atoms with Crippen LogP contribution in [-0.4, -0.2) is 69.5 Å². The van der Waals surface area contributed by atoms with Crippen LogP contribution in [0.15, 0.2) is 24.4 Å². The first kappa shape index (κ1) is 21.7. The minimum Gasteiger partial charge on any atom is -0.496 e. The number of nitro groups is 1. The second-order valence-corrected chi connectivity index (χ2v) is 6.09. The molecule has 1 aromatic carbocycles. The Morgan fingerprint density at radius 3 is 2.57 bits per heavy atom. The summed E-state index contributed by atoms with van der Waals surface area (Å²) < 4.78 is 16.0. The van der Waals surface area contributed by atoms with Gasteiger partial charge in [0.2, 0.25) is 6.20 Å². The summed E-state index contributed by atoms with van der Waals surface area (Å²) in [6, 6.07) is 4.09. The average molecular weight is 399 g/mol. The van der Waals surface area contributed by atoms with Crippen molar-refractivity contribution in [3.63, 3.8) is 0 Å². The number of hydrogen-bond donors (Lipinski definition) is 4. The summed E-state index contributed by atoms with van der Waals surface area (Å²) in [5, 5.41) is 50.7. The van der Waals surface area contributed by atoms with Crippen LogP contribution in [0.3, 0.4) is 0 Å². The molecule has 11 nitrogen and oxygen atoms in total. The zero-order chi connectivity index (χ0) is 21.1. The zero-order valence-corrected chi connectivity index (χ0v) is 15.1. The average Bonchev–Trinajstić information content (AvgIpc) is 2.66. The van der Waals surface area contributed by atoms with Gasteiger partial charge in [-0.25, -0.2) is 0 Å². The second kappa shape index (κ2) is 8.63. The molecule has 11 heteroatoms. The van der Waals surface area contributed by atoms with Gasteiger partial charge in [-0.1, -0.05) is 6.07 Å². The Kier molecular flexibility index (Phi) is 6.69. The number of rotatable bonds is 6. The van der Waals surface area contributed by atoms with E-state index in [0.29, 0.717) is 11.8 Å². The fourth-order valence-corrected chi connectivity index (χ4v) is 2.96. The maximum Gasteiger partial charge on any atom is 0.305 e. The maximum absolute atomic E-state index is 11.7. The van der Waals surface area contributed by atoms with Gasteiger partial charge < -0.3 is 34.6 Å². The lowest BCUT2D eigenvalue weighted by Crippen LogP contribution is -2.64. The van der Waals surface area contributed by atoms with Crippen molar-refractivity contribution in [1.82, 2.24) is 0 Å². The minimum absolute atomic E-state index is 0.0195. The van der Waals surface area contributed by atoms with Crippen LogP contribution in [0.2, 0.25) is 0 Å². The SMILES string of the molecule is COc1cc(C=C[N+](=O)[O-])ccc1[C@@]1(OC(C)=O)O[C@H](CO)[C@@H](O)[C@H](O)[C@H]1O. The number of benzene rings is 1. The number of aliphatic hydroxyl groups excluding tert-OH is 4. The van der Waals surface area contributed by atoms with Gasteiger partial charge in [0.25, 0.3) is 5.79 Å². The molecular weight excluding hydrogens is 378 g/mol. The molecule has 0 aromatic heterocycles. The number of methoxy groups -OCH3 is 1. The fourth-order valence-electron chi connectivity index (χ4n) is 2.96. The van der Waals surface area contributed by atoms with Gasteiger partial charge in [-0.2, -0.15) is 0 Å². The van der Waals surface area contributed by atoms with Crippen LogP contribution in [0.25, 0.3) is 6.08 Å². The zero-order valence-electron chi connectivity index (χ0n) is 15.1. The Balaban J connectivity index is 2.62. The van der Waals surface area contributed by atoms with Crippen molar-refractivity contribution in [1.29, 1.82) is 0 Å². The molecule has 1 aliphatic rings. The molecule has 0 unspecified atom stereocenters. The van der Waals surface area contributed by atoms with Crippen molar-refractivity contribution >= 4 is 12.0 Å². The number of esters is 1. The molecule has 2 rings (SSSR count). The summed E-state index contributed by atoms with van der Waals surface area (Å²) in [4.78, 5) is 21.6. The molecule has 0 saturated carbocycles. The molecule has 0 bridgehead atoms. The molecule has 28 heavy (non-hydrogen) atoms. The second-order valence-electron chi connectivity index (χ2n) is 6.09. The third-order valence-electron chi connectivity index (χ3n) is 4.24. The number of aliphatic hydroxyl groups is 4. The van der Waals surface area contributed by atoms with E-state index in [4.69, 9.17) is 14.2 Å². The molecule has 154 valence electrons. The van der Waals surface area contributed by atoms with Crippen molar-refractivity contribution in [2.45, 2.75) is 37.1 Å². The van der Waals surface area contributed by atoms with Crippen LogP contribution in [0, 0.1) is 10.1 Å². The Bertz CT molecular complexity index is 764. The predicted molar refractivity (Wildman–Crippen MR) is 92.4 cm³/mol. The number of hydrogen-bond acceptors (Lipinski definition) is 10. The molecule has 0 spiro atoms. The van der Waals surface area contributed by atoms with Crippen LogP contribution in [0.5, 0.6) is 5.75 Å². The van der Waals surface area contributed by atoms with Gasteiger partial charge in [0, 0.05) is 13.0 Å². The first-order chi connectivity index (χ1) is 13.2. The van der Waals surface area contributed by atoms with Gasteiger partial charge >= 0.3 is 5.97 Å². The van der Waals surface area contributed by atoms with Gasteiger partial charge in [-0.15, -0.1) is 0 Å². The molecule has 1 heterocycles. The van der Waals surface area contributed by atoms with E-state index in [0.717, 1.165) is 6.92 Å². The third kappa shape index (κ3) is 4.13. The van der Waals surface area contributed by atoms with E-state index >= 15 is 0 Å². The number of ether oxygens (including phenoxy) is 3.